The van der Waals surface area contributed by atoms with Crippen LogP contribution in [-0.4, -0.2) is 58.7 Å². The summed E-state index contributed by atoms with van der Waals surface area (Å²) in [6.45, 7) is 3.33. The van der Waals surface area contributed by atoms with Crippen molar-refractivity contribution in [3.05, 3.63) is 35.6 Å². The molecule has 2 aromatic heterocycles. The third-order valence-corrected chi connectivity index (χ3v) is 5.37. The molecule has 0 saturated carbocycles. The number of piperidine rings is 1. The number of amides is 1. The van der Waals surface area contributed by atoms with Gasteiger partial charge in [-0.15, -0.1) is 0 Å². The Bertz CT molecular complexity index is 904. The summed E-state index contributed by atoms with van der Waals surface area (Å²) < 4.78 is 50.8. The Morgan fingerprint density at radius 1 is 1.27 bits per heavy atom. The number of anilines is 1. The van der Waals surface area contributed by atoms with Crippen LogP contribution in [0.4, 0.5) is 19.0 Å². The molecular formula is C19H22F3N5O3. The zero-order chi connectivity index (χ0) is 21.3. The minimum atomic E-state index is -4.50. The van der Waals surface area contributed by atoms with Crippen LogP contribution < -0.4 is 4.90 Å². The van der Waals surface area contributed by atoms with E-state index in [1.54, 1.807) is 16.7 Å². The maximum atomic E-state index is 13.4. The summed E-state index contributed by atoms with van der Waals surface area (Å²) in [5.41, 5.74) is -0.781. The van der Waals surface area contributed by atoms with Gasteiger partial charge in [0.05, 0.1) is 24.6 Å². The number of carbonyl (C=O) groups is 1. The molecule has 4 heterocycles. The normalized spacial score (nSPS) is 22.9. The first-order chi connectivity index (χ1) is 14.3. The van der Waals surface area contributed by atoms with E-state index in [1.165, 1.54) is 12.3 Å². The monoisotopic (exact) mass is 425 g/mol. The molecular weight excluding hydrogens is 403 g/mol. The summed E-state index contributed by atoms with van der Waals surface area (Å²) in [6.07, 6.45) is -2.40. The van der Waals surface area contributed by atoms with E-state index in [1.807, 2.05) is 0 Å². The number of alkyl halides is 3. The average Bonchev–Trinajstić information content (AvgIpc) is 3.19. The first kappa shape index (κ1) is 20.6. The second kappa shape index (κ2) is 8.21. The lowest BCUT2D eigenvalue weighted by atomic mass is 9.95. The van der Waals surface area contributed by atoms with Crippen molar-refractivity contribution in [2.45, 2.75) is 32.0 Å². The summed E-state index contributed by atoms with van der Waals surface area (Å²) >= 11 is 0. The second-order valence-corrected chi connectivity index (χ2v) is 7.47. The van der Waals surface area contributed by atoms with Gasteiger partial charge in [-0.2, -0.15) is 18.2 Å². The van der Waals surface area contributed by atoms with E-state index in [-0.39, 0.29) is 24.8 Å². The van der Waals surface area contributed by atoms with Crippen LogP contribution in [0.3, 0.4) is 0 Å². The van der Waals surface area contributed by atoms with Crippen LogP contribution in [0.2, 0.25) is 0 Å². The van der Waals surface area contributed by atoms with Crippen molar-refractivity contribution in [1.82, 2.24) is 20.0 Å². The van der Waals surface area contributed by atoms with Gasteiger partial charge in [-0.1, -0.05) is 5.16 Å². The Labute approximate surface area is 171 Å². The number of ether oxygens (including phenoxy) is 1. The van der Waals surface area contributed by atoms with Crippen LogP contribution in [-0.2, 0) is 15.7 Å². The lowest BCUT2D eigenvalue weighted by molar-refractivity contribution is -0.144. The number of hydrogen-bond acceptors (Lipinski definition) is 7. The lowest BCUT2D eigenvalue weighted by Crippen LogP contribution is -2.49. The Balaban J connectivity index is 1.46. The third kappa shape index (κ3) is 4.25. The predicted octanol–water partition coefficient (Wildman–Crippen LogP) is 2.61. The first-order valence-corrected chi connectivity index (χ1v) is 9.80. The number of nitrogens with zero attached hydrogens (tertiary/aromatic N) is 5. The van der Waals surface area contributed by atoms with Crippen molar-refractivity contribution in [3.8, 4) is 0 Å². The standard InChI is InChI=1S/C19H22F3N5O3/c1-12-24-16(25-30-12)15-11-27(8-9-29-15)18(28)13-4-3-7-26(10-13)17-14(19(20,21)22)5-2-6-23-17/h2,5-6,13,15H,3-4,7-11H2,1H3/t13-,15-/m0/s1. The van der Waals surface area contributed by atoms with E-state index in [0.717, 1.165) is 6.07 Å². The highest BCUT2D eigenvalue weighted by Crippen LogP contribution is 2.36. The van der Waals surface area contributed by atoms with Gasteiger partial charge in [-0.3, -0.25) is 4.79 Å². The molecule has 2 saturated heterocycles. The van der Waals surface area contributed by atoms with Gasteiger partial charge in [0.2, 0.25) is 17.6 Å². The maximum absolute atomic E-state index is 13.4. The number of carbonyl (C=O) groups excluding carboxylic acids is 1. The van der Waals surface area contributed by atoms with Crippen molar-refractivity contribution in [1.29, 1.82) is 0 Å². The zero-order valence-electron chi connectivity index (χ0n) is 16.4. The highest BCUT2D eigenvalue weighted by atomic mass is 19.4. The predicted molar refractivity (Wildman–Crippen MR) is 98.5 cm³/mol. The maximum Gasteiger partial charge on any atom is 0.419 e. The molecule has 0 spiro atoms. The van der Waals surface area contributed by atoms with E-state index in [4.69, 9.17) is 9.26 Å². The van der Waals surface area contributed by atoms with Crippen LogP contribution >= 0.6 is 0 Å². The molecule has 0 radical (unpaired) electrons. The quantitative estimate of drug-likeness (QED) is 0.747. The number of aromatic nitrogens is 3. The second-order valence-electron chi connectivity index (χ2n) is 7.47. The Kier molecular flexibility index (Phi) is 5.63. The molecule has 8 nitrogen and oxygen atoms in total. The Hall–Kier alpha value is -2.69. The number of pyridine rings is 1. The molecule has 1 amide bonds. The molecule has 2 aliphatic rings. The number of halogens is 3. The molecule has 162 valence electrons. The fraction of sp³-hybridized carbons (Fsp3) is 0.579. The van der Waals surface area contributed by atoms with Crippen LogP contribution in [0.15, 0.2) is 22.9 Å². The van der Waals surface area contributed by atoms with Gasteiger partial charge >= 0.3 is 6.18 Å². The van der Waals surface area contributed by atoms with Gasteiger partial charge in [0, 0.05) is 32.8 Å². The van der Waals surface area contributed by atoms with Crippen molar-refractivity contribution < 1.29 is 27.2 Å². The van der Waals surface area contributed by atoms with E-state index in [9.17, 15) is 18.0 Å². The van der Waals surface area contributed by atoms with Gasteiger partial charge in [0.1, 0.15) is 11.9 Å². The summed E-state index contributed by atoms with van der Waals surface area (Å²) in [5.74, 6) is 0.171. The Morgan fingerprint density at radius 2 is 2.10 bits per heavy atom. The molecule has 2 fully saturated rings. The fourth-order valence-electron chi connectivity index (χ4n) is 3.95. The van der Waals surface area contributed by atoms with Gasteiger partial charge in [-0.25, -0.2) is 4.98 Å². The van der Waals surface area contributed by atoms with Crippen molar-refractivity contribution in [2.75, 3.05) is 37.7 Å². The highest BCUT2D eigenvalue weighted by molar-refractivity contribution is 5.80. The fourth-order valence-corrected chi connectivity index (χ4v) is 3.95. The minimum Gasteiger partial charge on any atom is -0.366 e. The van der Waals surface area contributed by atoms with E-state index in [0.29, 0.717) is 44.3 Å². The third-order valence-electron chi connectivity index (χ3n) is 5.37. The molecule has 0 aromatic carbocycles. The largest absolute Gasteiger partial charge is 0.419 e. The van der Waals surface area contributed by atoms with Crippen molar-refractivity contribution >= 4 is 11.7 Å². The molecule has 0 N–H and O–H groups in total. The smallest absolute Gasteiger partial charge is 0.366 e. The summed E-state index contributed by atoms with van der Waals surface area (Å²) in [4.78, 5) is 24.5. The van der Waals surface area contributed by atoms with E-state index >= 15 is 0 Å². The zero-order valence-corrected chi connectivity index (χ0v) is 16.4. The number of hydrogen-bond donors (Lipinski definition) is 0. The summed E-state index contributed by atoms with van der Waals surface area (Å²) in [7, 11) is 0. The summed E-state index contributed by atoms with van der Waals surface area (Å²) in [6, 6.07) is 2.29. The van der Waals surface area contributed by atoms with Gasteiger partial charge in [0.25, 0.3) is 0 Å². The Morgan fingerprint density at radius 3 is 2.83 bits per heavy atom. The molecule has 11 heteroatoms. The van der Waals surface area contributed by atoms with E-state index in [2.05, 4.69) is 15.1 Å². The first-order valence-electron chi connectivity index (χ1n) is 9.80. The van der Waals surface area contributed by atoms with Gasteiger partial charge in [0.15, 0.2) is 0 Å². The molecule has 0 unspecified atom stereocenters. The van der Waals surface area contributed by atoms with Gasteiger partial charge in [-0.05, 0) is 25.0 Å². The SMILES string of the molecule is Cc1nc([C@@H]2CN(C(=O)[C@H]3CCCN(c4ncccc4C(F)(F)F)C3)CCO2)no1. The highest BCUT2D eigenvalue weighted by Gasteiger charge is 2.38. The van der Waals surface area contributed by atoms with Crippen LogP contribution in [0, 0.1) is 12.8 Å². The van der Waals surface area contributed by atoms with Crippen molar-refractivity contribution in [2.24, 2.45) is 5.92 Å². The van der Waals surface area contributed by atoms with Crippen LogP contribution in [0.5, 0.6) is 0 Å². The molecule has 4 rings (SSSR count). The van der Waals surface area contributed by atoms with Crippen molar-refractivity contribution in [3.63, 3.8) is 0 Å². The molecule has 2 aromatic rings. The van der Waals surface area contributed by atoms with Gasteiger partial charge < -0.3 is 19.1 Å². The molecule has 30 heavy (non-hydrogen) atoms. The average molecular weight is 425 g/mol. The number of aryl methyl sites for hydroxylation is 1. The molecule has 0 aliphatic carbocycles. The minimum absolute atomic E-state index is 0.0993. The summed E-state index contributed by atoms with van der Waals surface area (Å²) in [5, 5.41) is 3.86. The van der Waals surface area contributed by atoms with Crippen LogP contribution in [0.1, 0.15) is 36.2 Å². The number of rotatable bonds is 3. The van der Waals surface area contributed by atoms with E-state index < -0.39 is 23.8 Å². The number of morpholine rings is 1. The topological polar surface area (TPSA) is 84.6 Å². The molecule has 0 bridgehead atoms. The van der Waals surface area contributed by atoms with Crippen LogP contribution in [0.25, 0.3) is 0 Å². The molecule has 2 atom stereocenters. The molecule has 2 aliphatic heterocycles. The lowest BCUT2D eigenvalue weighted by Gasteiger charge is -2.38.